The van der Waals surface area contributed by atoms with E-state index in [2.05, 4.69) is 21.2 Å². The van der Waals surface area contributed by atoms with E-state index < -0.39 is 29.2 Å². The number of carbonyl (C=O) groups is 1. The van der Waals surface area contributed by atoms with Gasteiger partial charge in [-0.3, -0.25) is 4.79 Å². The lowest BCUT2D eigenvalue weighted by atomic mass is 9.81. The van der Waals surface area contributed by atoms with Crippen LogP contribution in [0.15, 0.2) is 131 Å². The molecule has 0 unspecified atom stereocenters. The fourth-order valence-electron chi connectivity index (χ4n) is 5.73. The minimum Gasteiger partial charge on any atom is -0.494 e. The molecule has 2 N–H and O–H groups in total. The molecule has 2 atom stereocenters. The fraction of sp³-hybridized carbons (Fsp3) is 0.179. The molecule has 0 saturated heterocycles. The monoisotopic (exact) mass is 710 g/mol. The van der Waals surface area contributed by atoms with Gasteiger partial charge in [-0.2, -0.15) is 0 Å². The molecular formula is C39H33BrF2N2O4. The maximum atomic E-state index is 14.5. The van der Waals surface area contributed by atoms with Gasteiger partial charge in [0.25, 0.3) is 5.91 Å². The first-order chi connectivity index (χ1) is 23.3. The summed E-state index contributed by atoms with van der Waals surface area (Å²) in [7, 11) is 0. The minimum atomic E-state index is -1.49. The summed E-state index contributed by atoms with van der Waals surface area (Å²) in [6.07, 6.45) is -0.149. The molecule has 48 heavy (non-hydrogen) atoms. The molecule has 0 bridgehead atoms. The predicted molar refractivity (Wildman–Crippen MR) is 185 cm³/mol. The molecule has 0 saturated carbocycles. The van der Waals surface area contributed by atoms with E-state index in [0.29, 0.717) is 24.3 Å². The number of nitrogens with one attached hydrogen (secondary N) is 1. The number of hydrogen-bond donors (Lipinski definition) is 2. The average Bonchev–Trinajstić information content (AvgIpc) is 3.49. The number of ether oxygens (including phenoxy) is 2. The van der Waals surface area contributed by atoms with E-state index in [1.54, 1.807) is 12.1 Å². The summed E-state index contributed by atoms with van der Waals surface area (Å²) in [6, 6.07) is 35.8. The molecule has 1 aliphatic heterocycles. The Morgan fingerprint density at radius 2 is 1.48 bits per heavy atom. The van der Waals surface area contributed by atoms with E-state index in [-0.39, 0.29) is 31.0 Å². The van der Waals surface area contributed by atoms with Gasteiger partial charge < -0.3 is 19.9 Å². The van der Waals surface area contributed by atoms with Crippen LogP contribution in [-0.2, 0) is 22.5 Å². The van der Waals surface area contributed by atoms with Crippen molar-refractivity contribution in [3.05, 3.63) is 160 Å². The number of hydrogen-bond acceptors (Lipinski definition) is 5. The summed E-state index contributed by atoms with van der Waals surface area (Å²) in [5, 5.41) is 12.0. The molecule has 0 fully saturated rings. The first-order valence-corrected chi connectivity index (χ1v) is 16.4. The van der Waals surface area contributed by atoms with Gasteiger partial charge in [-0.1, -0.05) is 82.7 Å². The molecule has 9 heteroatoms. The number of benzene rings is 5. The highest BCUT2D eigenvalue weighted by molar-refractivity contribution is 9.10. The minimum absolute atomic E-state index is 0.0348. The van der Waals surface area contributed by atoms with Gasteiger partial charge in [-0.05, 0) is 76.3 Å². The third-order valence-electron chi connectivity index (χ3n) is 8.11. The largest absolute Gasteiger partial charge is 0.494 e. The number of carbonyl (C=O) groups excluding carboxylic acids is 1. The van der Waals surface area contributed by atoms with Gasteiger partial charge in [0, 0.05) is 42.1 Å². The van der Waals surface area contributed by atoms with Crippen molar-refractivity contribution in [2.24, 2.45) is 4.99 Å². The molecule has 5 aromatic rings. The first-order valence-electron chi connectivity index (χ1n) is 15.6. The lowest BCUT2D eigenvalue weighted by Gasteiger charge is -2.31. The van der Waals surface area contributed by atoms with E-state index in [9.17, 15) is 13.6 Å². The summed E-state index contributed by atoms with van der Waals surface area (Å²) in [4.78, 5) is 19.5. The highest BCUT2D eigenvalue weighted by Gasteiger charge is 2.53. The Labute approximate surface area is 286 Å². The Kier molecular flexibility index (Phi) is 10.3. The molecule has 0 aromatic heterocycles. The molecule has 244 valence electrons. The second kappa shape index (κ2) is 14.9. The Bertz CT molecular complexity index is 1870. The highest BCUT2D eigenvalue weighted by Crippen LogP contribution is 2.43. The third kappa shape index (κ3) is 7.64. The van der Waals surface area contributed by atoms with E-state index in [0.717, 1.165) is 32.8 Å². The summed E-state index contributed by atoms with van der Waals surface area (Å²) in [6.45, 7) is 0.299. The summed E-state index contributed by atoms with van der Waals surface area (Å²) in [5.74, 6) is -1.01. The lowest BCUT2D eigenvalue weighted by molar-refractivity contribution is -0.129. The molecule has 5 aromatic carbocycles. The molecule has 6 nitrogen and oxygen atoms in total. The number of rotatable bonds is 12. The van der Waals surface area contributed by atoms with Crippen LogP contribution in [0.2, 0.25) is 0 Å². The van der Waals surface area contributed by atoms with Crippen LogP contribution >= 0.6 is 15.9 Å². The molecule has 0 spiro atoms. The normalized spacial score (nSPS) is 17.0. The smallest absolute Gasteiger partial charge is 0.252 e. The summed E-state index contributed by atoms with van der Waals surface area (Å²) >= 11 is 3.49. The van der Waals surface area contributed by atoms with Crippen LogP contribution in [0.25, 0.3) is 11.1 Å². The van der Waals surface area contributed by atoms with Gasteiger partial charge in [0.05, 0.1) is 6.61 Å². The van der Waals surface area contributed by atoms with E-state index in [1.165, 1.54) is 12.1 Å². The van der Waals surface area contributed by atoms with Crippen molar-refractivity contribution in [1.82, 2.24) is 5.32 Å². The Morgan fingerprint density at radius 1 is 0.833 bits per heavy atom. The van der Waals surface area contributed by atoms with Gasteiger partial charge in [0.15, 0.2) is 11.6 Å². The number of halogens is 3. The quantitative estimate of drug-likeness (QED) is 0.129. The number of aliphatic hydroxyl groups excluding tert-OH is 1. The van der Waals surface area contributed by atoms with Crippen molar-refractivity contribution in [1.29, 1.82) is 0 Å². The first kappa shape index (κ1) is 33.1. The van der Waals surface area contributed by atoms with Gasteiger partial charge in [-0.15, -0.1) is 0 Å². The zero-order valence-electron chi connectivity index (χ0n) is 25.9. The SMILES string of the molecule is O=C(NCc1cc(F)cc(F)c1)[C@]1(Cc2ccc(Br)cc2)N=C(c2ccc(OCCCO)cc2)O[C@@H]1c1ccc(-c2ccccc2)cc1. The Hall–Kier alpha value is -4.86. The average molecular weight is 712 g/mol. The van der Waals surface area contributed by atoms with Crippen molar-refractivity contribution < 1.29 is 28.2 Å². The molecule has 1 heterocycles. The molecule has 1 amide bonds. The van der Waals surface area contributed by atoms with Crippen molar-refractivity contribution in [2.45, 2.75) is 31.0 Å². The number of amides is 1. The van der Waals surface area contributed by atoms with Crippen LogP contribution < -0.4 is 10.1 Å². The van der Waals surface area contributed by atoms with E-state index in [1.807, 2.05) is 91.0 Å². The van der Waals surface area contributed by atoms with Crippen LogP contribution in [0.1, 0.15) is 34.8 Å². The van der Waals surface area contributed by atoms with Crippen LogP contribution in [0.5, 0.6) is 5.75 Å². The zero-order valence-corrected chi connectivity index (χ0v) is 27.5. The lowest BCUT2D eigenvalue weighted by Crippen LogP contribution is -2.49. The standard InChI is InChI=1S/C39H33BrF2N2O4/c40-32-15-7-26(8-16-32)24-39(38(46)43-25-27-21-33(41)23-34(42)22-27)36(30-11-9-29(10-12-30)28-5-2-1-3-6-28)48-37(44-39)31-13-17-35(18-14-31)47-20-4-19-45/h1-3,5-18,21-23,36,45H,4,19-20,24-25H2,(H,43,46)/t36-,39-/m1/s1. The van der Waals surface area contributed by atoms with Gasteiger partial charge in [0.2, 0.25) is 5.90 Å². The topological polar surface area (TPSA) is 80.2 Å². The third-order valence-corrected chi connectivity index (χ3v) is 8.64. The maximum absolute atomic E-state index is 14.5. The van der Waals surface area contributed by atoms with Gasteiger partial charge in [0.1, 0.15) is 17.4 Å². The Balaban J connectivity index is 1.41. The molecule has 0 radical (unpaired) electrons. The fourth-order valence-corrected chi connectivity index (χ4v) is 5.99. The predicted octanol–water partition coefficient (Wildman–Crippen LogP) is 7.97. The van der Waals surface area contributed by atoms with Crippen molar-refractivity contribution in [3.63, 3.8) is 0 Å². The Morgan fingerprint density at radius 3 is 2.15 bits per heavy atom. The van der Waals surface area contributed by atoms with Crippen molar-refractivity contribution in [3.8, 4) is 16.9 Å². The van der Waals surface area contributed by atoms with Crippen LogP contribution in [-0.4, -0.2) is 35.7 Å². The summed E-state index contributed by atoms with van der Waals surface area (Å²) < 4.78 is 41.3. The van der Waals surface area contributed by atoms with E-state index in [4.69, 9.17) is 19.6 Å². The molecule has 1 aliphatic rings. The molecule has 6 rings (SSSR count). The summed E-state index contributed by atoms with van der Waals surface area (Å²) in [5.41, 5.74) is 3.08. The van der Waals surface area contributed by atoms with Crippen LogP contribution in [0.4, 0.5) is 8.78 Å². The van der Waals surface area contributed by atoms with Crippen LogP contribution in [0, 0.1) is 11.6 Å². The second-order valence-electron chi connectivity index (χ2n) is 11.5. The van der Waals surface area contributed by atoms with Gasteiger partial charge in [-0.25, -0.2) is 13.8 Å². The molecular weight excluding hydrogens is 678 g/mol. The zero-order chi connectivity index (χ0) is 33.5. The second-order valence-corrected chi connectivity index (χ2v) is 12.5. The number of aliphatic imine (C=N–C) groups is 1. The maximum Gasteiger partial charge on any atom is 0.252 e. The van der Waals surface area contributed by atoms with Crippen LogP contribution in [0.3, 0.4) is 0 Å². The van der Waals surface area contributed by atoms with E-state index >= 15 is 0 Å². The van der Waals surface area contributed by atoms with Gasteiger partial charge >= 0.3 is 0 Å². The molecule has 0 aliphatic carbocycles. The van der Waals surface area contributed by atoms with Crippen molar-refractivity contribution in [2.75, 3.05) is 13.2 Å². The number of aliphatic hydroxyl groups is 1. The number of nitrogens with zero attached hydrogens (tertiary/aromatic N) is 1. The van der Waals surface area contributed by atoms with Crippen molar-refractivity contribution >= 4 is 27.7 Å². The highest BCUT2D eigenvalue weighted by atomic mass is 79.9.